The van der Waals surface area contributed by atoms with E-state index in [4.69, 9.17) is 16.3 Å². The predicted octanol–water partition coefficient (Wildman–Crippen LogP) is 1.73. The molecule has 8 heteroatoms. The Morgan fingerprint density at radius 2 is 1.96 bits per heavy atom. The smallest absolute Gasteiger partial charge is 0.350 e. The van der Waals surface area contributed by atoms with E-state index in [0.29, 0.717) is 10.7 Å². The predicted molar refractivity (Wildman–Crippen MR) is 84.7 cm³/mol. The number of methoxy groups -OCH3 is 1. The molecular weight excluding hydrogens is 322 g/mol. The lowest BCUT2D eigenvalue weighted by Gasteiger charge is -2.30. The molecule has 1 aliphatic heterocycles. The number of nitrogens with zero attached hydrogens (tertiary/aromatic N) is 1. The summed E-state index contributed by atoms with van der Waals surface area (Å²) in [6.45, 7) is 3.13. The number of carbonyl (C=O) groups excluding carboxylic acids is 3. The van der Waals surface area contributed by atoms with Gasteiger partial charge >= 0.3 is 11.9 Å². The molecule has 1 heterocycles. The minimum atomic E-state index is -1.03. The summed E-state index contributed by atoms with van der Waals surface area (Å²) in [5, 5.41) is 5.68. The molecule has 1 aromatic carbocycles. The summed E-state index contributed by atoms with van der Waals surface area (Å²) in [7, 11) is 1.33. The Morgan fingerprint density at radius 3 is 2.43 bits per heavy atom. The van der Waals surface area contributed by atoms with Crippen LogP contribution in [0.25, 0.3) is 0 Å². The number of benzene rings is 1. The number of anilines is 1. The van der Waals surface area contributed by atoms with Crippen LogP contribution in [0.2, 0.25) is 5.02 Å². The molecule has 1 aromatic rings. The van der Waals surface area contributed by atoms with Crippen LogP contribution in [0, 0.1) is 0 Å². The highest BCUT2D eigenvalue weighted by atomic mass is 35.5. The zero-order valence-electron chi connectivity index (χ0n) is 13.1. The molecule has 0 spiro atoms. The van der Waals surface area contributed by atoms with Crippen molar-refractivity contribution in [3.63, 3.8) is 0 Å². The van der Waals surface area contributed by atoms with Crippen molar-refractivity contribution in [2.24, 2.45) is 0 Å². The van der Waals surface area contributed by atoms with Crippen molar-refractivity contribution in [2.75, 3.05) is 19.0 Å². The molecule has 0 radical (unpaired) electrons. The van der Waals surface area contributed by atoms with Crippen LogP contribution >= 0.6 is 11.6 Å². The maximum absolute atomic E-state index is 12.5. The Kier molecular flexibility index (Phi) is 5.03. The van der Waals surface area contributed by atoms with Crippen molar-refractivity contribution in [3.05, 3.63) is 29.3 Å². The maximum Gasteiger partial charge on any atom is 0.427 e. The topological polar surface area (TPSA) is 84.5 Å². The van der Waals surface area contributed by atoms with E-state index in [0.717, 1.165) is 0 Å². The summed E-state index contributed by atoms with van der Waals surface area (Å²) >= 11 is 5.79. The van der Waals surface area contributed by atoms with Crippen LogP contribution in [0.4, 0.5) is 10.5 Å². The molecule has 124 valence electrons. The van der Waals surface area contributed by atoms with Crippen LogP contribution in [0.5, 0.6) is 0 Å². The van der Waals surface area contributed by atoms with Gasteiger partial charge in [0.1, 0.15) is 0 Å². The number of quaternary nitrogens is 1. The Hall–Kier alpha value is -1.96. The average molecular weight is 341 g/mol. The second-order valence-corrected chi connectivity index (χ2v) is 6.02. The van der Waals surface area contributed by atoms with Crippen LogP contribution in [0.1, 0.15) is 13.8 Å². The molecule has 2 N–H and O–H groups in total. The fourth-order valence-corrected chi connectivity index (χ4v) is 2.67. The van der Waals surface area contributed by atoms with Gasteiger partial charge in [-0.15, -0.1) is 0 Å². The number of rotatable bonds is 5. The van der Waals surface area contributed by atoms with Crippen LogP contribution in [-0.4, -0.2) is 48.3 Å². The zero-order chi connectivity index (χ0) is 17.2. The lowest BCUT2D eigenvalue weighted by molar-refractivity contribution is -0.783. The third kappa shape index (κ3) is 3.21. The molecule has 2 atom stereocenters. The zero-order valence-corrected chi connectivity index (χ0v) is 13.9. The Bertz CT molecular complexity index is 632. The molecule has 4 amide bonds. The van der Waals surface area contributed by atoms with Crippen LogP contribution < -0.4 is 10.6 Å². The van der Waals surface area contributed by atoms with Crippen molar-refractivity contribution >= 4 is 35.1 Å². The number of hydrogen-bond donors (Lipinski definition) is 2. The van der Waals surface area contributed by atoms with Crippen molar-refractivity contribution in [3.8, 4) is 0 Å². The fourth-order valence-electron chi connectivity index (χ4n) is 2.54. The number of urea groups is 1. The lowest BCUT2D eigenvalue weighted by Crippen LogP contribution is -2.61. The van der Waals surface area contributed by atoms with Gasteiger partial charge in [0, 0.05) is 17.8 Å². The van der Waals surface area contributed by atoms with Gasteiger partial charge in [-0.3, -0.25) is 10.1 Å². The molecule has 1 aliphatic rings. The van der Waals surface area contributed by atoms with E-state index in [1.807, 2.05) is 0 Å². The first-order chi connectivity index (χ1) is 10.8. The van der Waals surface area contributed by atoms with Crippen LogP contribution in [0.15, 0.2) is 24.3 Å². The van der Waals surface area contributed by atoms with Crippen LogP contribution in [0.3, 0.4) is 0 Å². The van der Waals surface area contributed by atoms with Crippen molar-refractivity contribution in [1.82, 2.24) is 5.32 Å². The third-order valence-corrected chi connectivity index (χ3v) is 4.12. The van der Waals surface area contributed by atoms with E-state index in [9.17, 15) is 14.4 Å². The van der Waals surface area contributed by atoms with Gasteiger partial charge in [-0.2, -0.15) is 4.48 Å². The SMILES string of the molecule is COC1NC(=O)[N+](CC(=O)Nc2ccc(Cl)cc2)(C(C)C)C1=O. The molecule has 1 saturated heterocycles. The van der Waals surface area contributed by atoms with Gasteiger partial charge in [-0.25, -0.2) is 9.59 Å². The molecule has 2 unspecified atom stereocenters. The second kappa shape index (κ2) is 6.66. The quantitative estimate of drug-likeness (QED) is 0.631. The number of carbonyl (C=O) groups is 3. The van der Waals surface area contributed by atoms with Crippen molar-refractivity contribution in [1.29, 1.82) is 0 Å². The summed E-state index contributed by atoms with van der Waals surface area (Å²) in [6.07, 6.45) is -1.03. The minimum Gasteiger partial charge on any atom is -0.350 e. The van der Waals surface area contributed by atoms with Crippen molar-refractivity contribution in [2.45, 2.75) is 26.1 Å². The molecule has 0 bridgehead atoms. The fraction of sp³-hybridized carbons (Fsp3) is 0.400. The van der Waals surface area contributed by atoms with E-state index in [2.05, 4.69) is 10.6 Å². The van der Waals surface area contributed by atoms with E-state index in [1.54, 1.807) is 38.1 Å². The molecule has 2 rings (SSSR count). The summed E-state index contributed by atoms with van der Waals surface area (Å²) in [4.78, 5) is 37.1. The highest BCUT2D eigenvalue weighted by Gasteiger charge is 2.59. The molecular formula is C15H19ClN3O4+. The monoisotopic (exact) mass is 340 g/mol. The largest absolute Gasteiger partial charge is 0.427 e. The Balaban J connectivity index is 2.19. The molecule has 23 heavy (non-hydrogen) atoms. The minimum absolute atomic E-state index is 0.301. The highest BCUT2D eigenvalue weighted by Crippen LogP contribution is 2.24. The lowest BCUT2D eigenvalue weighted by atomic mass is 10.2. The second-order valence-electron chi connectivity index (χ2n) is 5.58. The van der Waals surface area contributed by atoms with Gasteiger partial charge in [0.05, 0.1) is 6.04 Å². The molecule has 0 saturated carbocycles. The third-order valence-electron chi connectivity index (χ3n) is 3.87. The molecule has 0 aliphatic carbocycles. The number of imide groups is 1. The van der Waals surface area contributed by atoms with Gasteiger partial charge in [0.2, 0.25) is 0 Å². The van der Waals surface area contributed by atoms with E-state index in [-0.39, 0.29) is 6.54 Å². The molecule has 1 fully saturated rings. The average Bonchev–Trinajstić information content (AvgIpc) is 2.74. The van der Waals surface area contributed by atoms with E-state index >= 15 is 0 Å². The summed E-state index contributed by atoms with van der Waals surface area (Å²) in [6, 6.07) is 5.62. The number of halogens is 1. The maximum atomic E-state index is 12.5. The van der Waals surface area contributed by atoms with Crippen LogP contribution in [-0.2, 0) is 14.3 Å². The first-order valence-electron chi connectivity index (χ1n) is 7.12. The van der Waals surface area contributed by atoms with Crippen molar-refractivity contribution < 1.29 is 23.6 Å². The van der Waals surface area contributed by atoms with Gasteiger partial charge in [0.15, 0.2) is 6.54 Å². The summed E-state index contributed by atoms with van der Waals surface area (Å²) in [5.41, 5.74) is 0.539. The van der Waals surface area contributed by atoms with Gasteiger partial charge < -0.3 is 10.1 Å². The summed E-state index contributed by atoms with van der Waals surface area (Å²) in [5.74, 6) is -0.917. The van der Waals surface area contributed by atoms with Gasteiger partial charge in [-0.05, 0) is 38.1 Å². The molecule has 0 aromatic heterocycles. The Morgan fingerprint density at radius 1 is 1.35 bits per heavy atom. The number of hydrogen-bond acceptors (Lipinski definition) is 4. The first kappa shape index (κ1) is 17.4. The van der Waals surface area contributed by atoms with E-state index in [1.165, 1.54) is 7.11 Å². The first-order valence-corrected chi connectivity index (χ1v) is 7.50. The highest BCUT2D eigenvalue weighted by molar-refractivity contribution is 6.30. The van der Waals surface area contributed by atoms with Gasteiger partial charge in [0.25, 0.3) is 12.1 Å². The summed E-state index contributed by atoms with van der Waals surface area (Å²) < 4.78 is 4.34. The molecule has 7 nitrogen and oxygen atoms in total. The number of ether oxygens (including phenoxy) is 1. The normalized spacial score (nSPS) is 24.0. The number of amides is 4. The van der Waals surface area contributed by atoms with E-state index < -0.39 is 34.6 Å². The Labute approximate surface area is 139 Å². The number of nitrogens with one attached hydrogen (secondary N) is 2. The van der Waals surface area contributed by atoms with Gasteiger partial charge in [-0.1, -0.05) is 11.6 Å². The standard InChI is InChI=1S/C15H18ClN3O4/c1-9(2)19(14(21)13(23-3)18-15(19)22)8-12(20)17-11-6-4-10(16)5-7-11/h4-7,9,13H,8H2,1-3H3,(H-,17,18,20,22)/p+1.